The van der Waals surface area contributed by atoms with Crippen LogP contribution in [0, 0.1) is 0 Å². The third-order valence-electron chi connectivity index (χ3n) is 7.97. The van der Waals surface area contributed by atoms with E-state index in [0.717, 1.165) is 25.7 Å². The smallest absolute Gasteiger partial charge is 0.550 e. The van der Waals surface area contributed by atoms with Gasteiger partial charge >= 0.3 is 17.1 Å². The fourth-order valence-corrected chi connectivity index (χ4v) is 5.28. The molecule has 0 saturated heterocycles. The van der Waals surface area contributed by atoms with Gasteiger partial charge in [-0.2, -0.15) is 0 Å². The molecule has 4 radical (unpaired) electrons. The second-order valence-electron chi connectivity index (χ2n) is 12.1. The van der Waals surface area contributed by atoms with Crippen molar-refractivity contribution in [3.05, 3.63) is 0 Å². The van der Waals surface area contributed by atoms with Crippen LogP contribution >= 0.6 is 0 Å². The van der Waals surface area contributed by atoms with Gasteiger partial charge in [0.15, 0.2) is 0 Å². The summed E-state index contributed by atoms with van der Waals surface area (Å²) in [6, 6.07) is 0. The van der Waals surface area contributed by atoms with Gasteiger partial charge in [-0.1, -0.05) is 194 Å². The van der Waals surface area contributed by atoms with Crippen LogP contribution in [0.1, 0.15) is 219 Å². The third-order valence-corrected chi connectivity index (χ3v) is 7.97. The summed E-state index contributed by atoms with van der Waals surface area (Å²) in [7, 11) is 0. The fraction of sp³-hybridized carbons (Fsp3) is 0.944. The molecule has 0 aliphatic rings. The molecule has 0 heterocycles. The molecule has 0 bridgehead atoms. The van der Waals surface area contributed by atoms with E-state index < -0.39 is 11.9 Å². The third kappa shape index (κ3) is 49.5. The van der Waals surface area contributed by atoms with E-state index in [1.165, 1.54) is 167 Å². The van der Waals surface area contributed by atoms with E-state index in [1.807, 2.05) is 0 Å². The molecular formula is C36H70O4Se. The number of rotatable bonds is 32. The van der Waals surface area contributed by atoms with Crippen molar-refractivity contribution in [2.45, 2.75) is 219 Å². The van der Waals surface area contributed by atoms with Gasteiger partial charge in [0.2, 0.25) is 0 Å². The molecule has 0 unspecified atom stereocenters. The van der Waals surface area contributed by atoms with Crippen LogP contribution in [0.4, 0.5) is 0 Å². The van der Waals surface area contributed by atoms with Crippen LogP contribution in [-0.2, 0) is 9.59 Å². The quantitative estimate of drug-likeness (QED) is 0.0539. The summed E-state index contributed by atoms with van der Waals surface area (Å²) in [6.07, 6.45) is 39.7. The van der Waals surface area contributed by atoms with Crippen LogP contribution in [0.15, 0.2) is 0 Å². The summed E-state index contributed by atoms with van der Waals surface area (Å²) in [6.45, 7) is 4.53. The zero-order chi connectivity index (χ0) is 29.8. The van der Waals surface area contributed by atoms with Gasteiger partial charge in [-0.25, -0.2) is 0 Å². The summed E-state index contributed by atoms with van der Waals surface area (Å²) in [5.41, 5.74) is 0. The van der Waals surface area contributed by atoms with Gasteiger partial charge < -0.3 is 19.8 Å². The first-order chi connectivity index (χ1) is 19.5. The second-order valence-corrected chi connectivity index (χ2v) is 12.1. The predicted octanol–water partition coefficient (Wildman–Crippen LogP) is 9.61. The molecular weight excluding hydrogens is 575 g/mol. The van der Waals surface area contributed by atoms with E-state index >= 15 is 0 Å². The predicted molar refractivity (Wildman–Crippen MR) is 175 cm³/mol. The maximum absolute atomic E-state index is 10.2. The molecule has 0 N–H and O–H groups in total. The van der Waals surface area contributed by atoms with Crippen molar-refractivity contribution < 1.29 is 19.8 Å². The number of aliphatic carboxylic acids is 2. The van der Waals surface area contributed by atoms with Crippen molar-refractivity contribution in [1.29, 1.82) is 0 Å². The van der Waals surface area contributed by atoms with E-state index in [-0.39, 0.29) is 29.9 Å². The average molecular weight is 646 g/mol. The first-order valence-corrected chi connectivity index (χ1v) is 17.9. The van der Waals surface area contributed by atoms with E-state index in [9.17, 15) is 19.8 Å². The topological polar surface area (TPSA) is 80.3 Å². The maximum Gasteiger partial charge on any atom is 2.00 e. The van der Waals surface area contributed by atoms with Gasteiger partial charge in [0.1, 0.15) is 0 Å². The zero-order valence-corrected chi connectivity index (χ0v) is 29.4. The van der Waals surface area contributed by atoms with Crippen LogP contribution in [0.5, 0.6) is 0 Å². The van der Waals surface area contributed by atoms with Gasteiger partial charge in [-0.05, 0) is 25.7 Å². The minimum Gasteiger partial charge on any atom is -0.550 e. The largest absolute Gasteiger partial charge is 2.00 e. The summed E-state index contributed by atoms with van der Waals surface area (Å²) in [4.78, 5) is 20.4. The Hall–Kier alpha value is -0.541. The summed E-state index contributed by atoms with van der Waals surface area (Å²) >= 11 is 0. The number of carboxylic acids is 2. The minimum atomic E-state index is -0.903. The van der Waals surface area contributed by atoms with Crippen LogP contribution in [0.3, 0.4) is 0 Å². The van der Waals surface area contributed by atoms with Crippen molar-refractivity contribution in [2.75, 3.05) is 0 Å². The van der Waals surface area contributed by atoms with Crippen LogP contribution < -0.4 is 10.2 Å². The number of carboxylic acid groups (broad SMARTS) is 2. The molecule has 0 atom stereocenters. The maximum atomic E-state index is 10.2. The normalized spacial score (nSPS) is 10.6. The number of hydrogen-bond donors (Lipinski definition) is 0. The Morgan fingerprint density at radius 2 is 0.463 bits per heavy atom. The molecule has 0 aliphatic carbocycles. The summed E-state index contributed by atoms with van der Waals surface area (Å²) < 4.78 is 0. The van der Waals surface area contributed by atoms with Gasteiger partial charge in [-0.3, -0.25) is 0 Å². The van der Waals surface area contributed by atoms with Crippen molar-refractivity contribution in [2.24, 2.45) is 0 Å². The number of unbranched alkanes of at least 4 members (excludes halogenated alkanes) is 28. The molecule has 5 heteroatoms. The average Bonchev–Trinajstić information content (AvgIpc) is 2.93. The van der Waals surface area contributed by atoms with Gasteiger partial charge in [-0.15, -0.1) is 0 Å². The Balaban J connectivity index is -0.000000688. The first-order valence-electron chi connectivity index (χ1n) is 17.9. The van der Waals surface area contributed by atoms with Gasteiger partial charge in [0.05, 0.1) is 0 Å². The first kappa shape index (κ1) is 44.9. The Kier molecular flexibility index (Phi) is 45.5. The molecule has 0 amide bonds. The molecule has 0 saturated carbocycles. The molecule has 41 heavy (non-hydrogen) atoms. The molecule has 0 spiro atoms. The molecule has 244 valence electrons. The standard InChI is InChI=1S/2C18H36O2.Se/c2*1-2-3-4-5-6-7-8-9-10-11-12-13-14-15-16-17-18(19)20;/h2*2-17H2,1H3,(H,19,20);/q;;+2/p-2. The van der Waals surface area contributed by atoms with E-state index in [4.69, 9.17) is 0 Å². The van der Waals surface area contributed by atoms with E-state index in [1.54, 1.807) is 0 Å². The van der Waals surface area contributed by atoms with Crippen LogP contribution in [-0.4, -0.2) is 29.0 Å². The van der Waals surface area contributed by atoms with Crippen molar-refractivity contribution in [3.63, 3.8) is 0 Å². The molecule has 0 rings (SSSR count). The van der Waals surface area contributed by atoms with E-state index in [2.05, 4.69) is 13.8 Å². The molecule has 0 aromatic heterocycles. The Morgan fingerprint density at radius 3 is 0.610 bits per heavy atom. The molecule has 0 aliphatic heterocycles. The Labute approximate surface area is 267 Å². The van der Waals surface area contributed by atoms with Crippen molar-refractivity contribution in [1.82, 2.24) is 0 Å². The van der Waals surface area contributed by atoms with Crippen LogP contribution in [0.25, 0.3) is 0 Å². The van der Waals surface area contributed by atoms with Crippen molar-refractivity contribution in [3.8, 4) is 0 Å². The molecule has 0 aromatic carbocycles. The monoisotopic (exact) mass is 646 g/mol. The minimum absolute atomic E-state index is 0. The molecule has 0 fully saturated rings. The SMILES string of the molecule is CCCCCCCCCCCCCCCCCC(=O)[O-].CCCCCCCCCCCCCCCCCC(=O)[O-].[Se+2]. The fourth-order valence-electron chi connectivity index (χ4n) is 5.28. The summed E-state index contributed by atoms with van der Waals surface area (Å²) in [5, 5.41) is 20.4. The van der Waals surface area contributed by atoms with Crippen molar-refractivity contribution >= 4 is 29.0 Å². The van der Waals surface area contributed by atoms with Crippen LogP contribution in [0.2, 0.25) is 0 Å². The molecule has 0 aromatic rings. The number of hydrogen-bond acceptors (Lipinski definition) is 4. The van der Waals surface area contributed by atoms with Gasteiger partial charge in [0, 0.05) is 11.9 Å². The Morgan fingerprint density at radius 1 is 0.317 bits per heavy atom. The second kappa shape index (κ2) is 41.6. The summed E-state index contributed by atoms with van der Waals surface area (Å²) in [5.74, 6) is -1.81. The molecule has 4 nitrogen and oxygen atoms in total. The number of carbonyl (C=O) groups is 2. The van der Waals surface area contributed by atoms with E-state index in [0.29, 0.717) is 0 Å². The van der Waals surface area contributed by atoms with Gasteiger partial charge in [0.25, 0.3) is 0 Å². The zero-order valence-electron chi connectivity index (χ0n) is 27.7. The Bertz CT molecular complexity index is 454. The number of carbonyl (C=O) groups excluding carboxylic acids is 2.